The van der Waals surface area contributed by atoms with Crippen LogP contribution >= 0.6 is 11.9 Å². The van der Waals surface area contributed by atoms with Crippen LogP contribution in [-0.4, -0.2) is 41.1 Å². The van der Waals surface area contributed by atoms with E-state index >= 15 is 0 Å². The smallest absolute Gasteiger partial charge is 0.461 e. The molecule has 1 aromatic heterocycles. The van der Waals surface area contributed by atoms with Gasteiger partial charge >= 0.3 is 11.5 Å². The van der Waals surface area contributed by atoms with Gasteiger partial charge in [-0.2, -0.15) is 13.2 Å². The van der Waals surface area contributed by atoms with Crippen LogP contribution in [0.2, 0.25) is 0 Å². The van der Waals surface area contributed by atoms with E-state index in [-0.39, 0.29) is 41.4 Å². The molecule has 36 heavy (non-hydrogen) atoms. The molecular formula is C24H31F3N6O2S. The van der Waals surface area contributed by atoms with E-state index in [1.54, 1.807) is 19.1 Å². The van der Waals surface area contributed by atoms with Crippen LogP contribution in [0, 0.1) is 5.92 Å². The molecule has 8 nitrogen and oxygen atoms in total. The van der Waals surface area contributed by atoms with Crippen LogP contribution in [0.1, 0.15) is 62.2 Å². The summed E-state index contributed by atoms with van der Waals surface area (Å²) in [5.41, 5.74) is -1.35. The van der Waals surface area contributed by atoms with Crippen molar-refractivity contribution in [2.75, 3.05) is 29.3 Å². The van der Waals surface area contributed by atoms with E-state index in [0.29, 0.717) is 18.0 Å². The Labute approximate surface area is 213 Å². The Kier molecular flexibility index (Phi) is 9.52. The molecule has 1 aliphatic heterocycles. The molecule has 1 aliphatic rings. The predicted molar refractivity (Wildman–Crippen MR) is 135 cm³/mol. The number of nitrogens with zero attached hydrogens (tertiary/aromatic N) is 5. The van der Waals surface area contributed by atoms with Gasteiger partial charge in [0, 0.05) is 25.0 Å². The lowest BCUT2D eigenvalue weighted by Gasteiger charge is -2.33. The van der Waals surface area contributed by atoms with Gasteiger partial charge in [0.2, 0.25) is 0 Å². The van der Waals surface area contributed by atoms with Crippen molar-refractivity contribution in [1.29, 1.82) is 0 Å². The van der Waals surface area contributed by atoms with Crippen LogP contribution in [0.3, 0.4) is 0 Å². The summed E-state index contributed by atoms with van der Waals surface area (Å²) in [6.07, 6.45) is 4.34. The Morgan fingerprint density at radius 3 is 2.72 bits per heavy atom. The largest absolute Gasteiger partial charge is 0.462 e. The molecule has 0 unspecified atom stereocenters. The number of carbonyl (C=O) groups excluding carboxylic acids is 1. The van der Waals surface area contributed by atoms with Crippen molar-refractivity contribution in [2.45, 2.75) is 58.9 Å². The standard InChI is InChI=1S/C24H31F3N6O2S/c1-5-8-18-17(22(34)35-6-2)13-28-23(29-18)31-30-19-11-16-9-7-10-33(14-15(3)4)21(16)12-20(19)32-36-24(25,26)27/h11-13,15,32H,5-10,14H2,1-4H3. The second-order valence-electron chi connectivity index (χ2n) is 8.79. The molecule has 0 atom stereocenters. The third kappa shape index (κ3) is 7.55. The summed E-state index contributed by atoms with van der Waals surface area (Å²) in [4.78, 5) is 22.8. The van der Waals surface area contributed by atoms with E-state index in [4.69, 9.17) is 4.74 Å². The molecule has 196 valence electrons. The topological polar surface area (TPSA) is 92.1 Å². The van der Waals surface area contributed by atoms with Crippen molar-refractivity contribution >= 4 is 40.9 Å². The van der Waals surface area contributed by atoms with Crippen LogP contribution in [0.4, 0.5) is 36.2 Å². The van der Waals surface area contributed by atoms with Gasteiger partial charge < -0.3 is 14.4 Å². The lowest BCUT2D eigenvalue weighted by atomic mass is 9.99. The molecule has 1 N–H and O–H groups in total. The minimum absolute atomic E-state index is 0.0140. The Morgan fingerprint density at radius 2 is 2.06 bits per heavy atom. The monoisotopic (exact) mass is 524 g/mol. The number of hydrogen-bond acceptors (Lipinski definition) is 9. The van der Waals surface area contributed by atoms with Crippen molar-refractivity contribution in [3.63, 3.8) is 0 Å². The average molecular weight is 525 g/mol. The van der Waals surface area contributed by atoms with Gasteiger partial charge in [-0.25, -0.2) is 14.8 Å². The van der Waals surface area contributed by atoms with Crippen LogP contribution in [-0.2, 0) is 17.6 Å². The first-order valence-corrected chi connectivity index (χ1v) is 12.8. The predicted octanol–water partition coefficient (Wildman–Crippen LogP) is 7.01. The minimum Gasteiger partial charge on any atom is -0.462 e. The molecule has 0 saturated carbocycles. The Morgan fingerprint density at radius 1 is 1.28 bits per heavy atom. The second-order valence-corrected chi connectivity index (χ2v) is 9.66. The normalized spacial score (nSPS) is 13.8. The number of esters is 1. The number of anilines is 2. The number of aryl methyl sites for hydroxylation is 2. The molecule has 0 spiro atoms. The van der Waals surface area contributed by atoms with Gasteiger partial charge in [0.15, 0.2) is 0 Å². The summed E-state index contributed by atoms with van der Waals surface area (Å²) in [5, 5.41) is 8.30. The second kappa shape index (κ2) is 12.4. The first-order chi connectivity index (χ1) is 17.1. The molecule has 0 aliphatic carbocycles. The van der Waals surface area contributed by atoms with Gasteiger partial charge in [-0.1, -0.05) is 27.2 Å². The molecule has 12 heteroatoms. The van der Waals surface area contributed by atoms with E-state index < -0.39 is 11.5 Å². The molecular weight excluding hydrogens is 493 g/mol. The van der Waals surface area contributed by atoms with Gasteiger partial charge in [0.1, 0.15) is 5.69 Å². The number of rotatable bonds is 10. The maximum atomic E-state index is 13.0. The van der Waals surface area contributed by atoms with Crippen molar-refractivity contribution in [1.82, 2.24) is 9.97 Å². The fourth-order valence-corrected chi connectivity index (χ4v) is 4.35. The highest BCUT2D eigenvalue weighted by atomic mass is 32.2. The van der Waals surface area contributed by atoms with Crippen LogP contribution in [0.15, 0.2) is 28.6 Å². The highest BCUT2D eigenvalue weighted by molar-refractivity contribution is 8.01. The van der Waals surface area contributed by atoms with Crippen LogP contribution in [0.5, 0.6) is 0 Å². The lowest BCUT2D eigenvalue weighted by Crippen LogP contribution is -2.32. The van der Waals surface area contributed by atoms with E-state index in [0.717, 1.165) is 43.6 Å². The zero-order valence-corrected chi connectivity index (χ0v) is 21.7. The molecule has 0 saturated heterocycles. The minimum atomic E-state index is -4.47. The molecule has 2 heterocycles. The molecule has 3 rings (SSSR count). The van der Waals surface area contributed by atoms with Crippen LogP contribution < -0.4 is 9.62 Å². The fourth-order valence-electron chi connectivity index (χ4n) is 3.96. The number of benzene rings is 1. The summed E-state index contributed by atoms with van der Waals surface area (Å²) in [6.45, 7) is 9.75. The van der Waals surface area contributed by atoms with Gasteiger partial charge in [-0.3, -0.25) is 0 Å². The summed E-state index contributed by atoms with van der Waals surface area (Å²) < 4.78 is 46.3. The summed E-state index contributed by atoms with van der Waals surface area (Å²) in [5.74, 6) is -0.0934. The molecule has 0 fully saturated rings. The summed E-state index contributed by atoms with van der Waals surface area (Å²) in [6, 6.07) is 3.47. The first kappa shape index (κ1) is 27.7. The zero-order valence-electron chi connectivity index (χ0n) is 20.9. The average Bonchev–Trinajstić information content (AvgIpc) is 2.81. The van der Waals surface area contributed by atoms with Crippen molar-refractivity contribution in [3.05, 3.63) is 35.2 Å². The number of azo groups is 1. The van der Waals surface area contributed by atoms with Crippen molar-refractivity contribution in [3.8, 4) is 0 Å². The third-order valence-corrected chi connectivity index (χ3v) is 5.91. The maximum Gasteiger partial charge on any atom is 0.461 e. The molecule has 1 aromatic carbocycles. The molecule has 0 amide bonds. The van der Waals surface area contributed by atoms with E-state index in [1.807, 2.05) is 6.92 Å². The van der Waals surface area contributed by atoms with E-state index in [9.17, 15) is 18.0 Å². The number of carbonyl (C=O) groups is 1. The number of hydrogen-bond donors (Lipinski definition) is 1. The van der Waals surface area contributed by atoms with Crippen molar-refractivity contribution in [2.24, 2.45) is 16.1 Å². The molecule has 0 radical (unpaired) electrons. The number of fused-ring (bicyclic) bond motifs is 1. The lowest BCUT2D eigenvalue weighted by molar-refractivity contribution is -0.0323. The Balaban J connectivity index is 1.97. The quantitative estimate of drug-likeness (QED) is 0.203. The van der Waals surface area contributed by atoms with E-state index in [2.05, 4.69) is 43.7 Å². The molecule has 0 bridgehead atoms. The number of nitrogens with one attached hydrogen (secondary N) is 1. The fraction of sp³-hybridized carbons (Fsp3) is 0.542. The SMILES string of the molecule is CCCc1nc(N=Nc2cc3c(cc2NSC(F)(F)F)N(CC(C)C)CCC3)ncc1C(=O)OCC. The molecule has 2 aromatic rings. The third-order valence-electron chi connectivity index (χ3n) is 5.36. The number of aromatic nitrogens is 2. The van der Waals surface area contributed by atoms with Gasteiger partial charge in [0.05, 0.1) is 35.5 Å². The maximum absolute atomic E-state index is 13.0. The first-order valence-electron chi connectivity index (χ1n) is 12.0. The Hall–Kier alpha value is -2.89. The van der Waals surface area contributed by atoms with Gasteiger partial charge in [0.25, 0.3) is 5.95 Å². The van der Waals surface area contributed by atoms with E-state index in [1.165, 1.54) is 6.20 Å². The van der Waals surface area contributed by atoms with Crippen LogP contribution in [0.25, 0.3) is 0 Å². The number of ether oxygens (including phenoxy) is 1. The Bertz CT molecular complexity index is 1090. The van der Waals surface area contributed by atoms with Gasteiger partial charge in [-0.05, 0) is 49.8 Å². The number of halogens is 3. The highest BCUT2D eigenvalue weighted by Gasteiger charge is 2.30. The number of alkyl halides is 3. The van der Waals surface area contributed by atoms with Crippen molar-refractivity contribution < 1.29 is 22.7 Å². The van der Waals surface area contributed by atoms with Gasteiger partial charge in [-0.15, -0.1) is 10.2 Å². The highest BCUT2D eigenvalue weighted by Crippen LogP contribution is 2.41. The summed E-state index contributed by atoms with van der Waals surface area (Å²) >= 11 is -0.346. The summed E-state index contributed by atoms with van der Waals surface area (Å²) in [7, 11) is 0. The zero-order chi connectivity index (χ0) is 26.3.